The topological polar surface area (TPSA) is 136 Å². The summed E-state index contributed by atoms with van der Waals surface area (Å²) in [6.07, 6.45) is 0.449. The fourth-order valence-electron chi connectivity index (χ4n) is 2.53. The number of nitro benzene ring substituents is 1. The van der Waals surface area contributed by atoms with Gasteiger partial charge in [0.25, 0.3) is 11.6 Å². The van der Waals surface area contributed by atoms with Gasteiger partial charge in [0.2, 0.25) is 0 Å². The second-order valence-corrected chi connectivity index (χ2v) is 6.37. The zero-order chi connectivity index (χ0) is 18.1. The maximum atomic E-state index is 12.1. The smallest absolute Gasteiger partial charge is 0.278 e. The van der Waals surface area contributed by atoms with Crippen molar-refractivity contribution in [2.75, 3.05) is 0 Å². The number of benzene rings is 1. The summed E-state index contributed by atoms with van der Waals surface area (Å²) >= 11 is 0. The van der Waals surface area contributed by atoms with Crippen LogP contribution in [0.5, 0.6) is 0 Å². The molecule has 0 fully saturated rings. The second-order valence-electron chi connectivity index (χ2n) is 6.37. The van der Waals surface area contributed by atoms with E-state index in [0.29, 0.717) is 0 Å². The normalized spacial score (nSPS) is 17.8. The Bertz CT molecular complexity index is 775. The molecule has 24 heavy (non-hydrogen) atoms. The lowest BCUT2D eigenvalue weighted by atomic mass is 9.76. The van der Waals surface area contributed by atoms with Gasteiger partial charge in [-0.3, -0.25) is 19.7 Å². The minimum absolute atomic E-state index is 0.0900. The Kier molecular flexibility index (Phi) is 4.50. The minimum atomic E-state index is -0.750. The van der Waals surface area contributed by atoms with Crippen LogP contribution in [0, 0.1) is 15.5 Å². The van der Waals surface area contributed by atoms with Crippen molar-refractivity contribution in [2.24, 2.45) is 16.1 Å². The number of allylic oxidation sites excluding steroid dienone is 1. The molecule has 0 spiro atoms. The largest absolute Gasteiger partial charge is 0.511 e. The molecule has 8 heteroatoms. The summed E-state index contributed by atoms with van der Waals surface area (Å²) in [5.74, 6) is -1.66. The van der Waals surface area contributed by atoms with E-state index in [1.165, 1.54) is 24.3 Å². The monoisotopic (exact) mass is 331 g/mol. The van der Waals surface area contributed by atoms with E-state index in [1.807, 2.05) is 13.8 Å². The van der Waals surface area contributed by atoms with Crippen LogP contribution in [0.2, 0.25) is 0 Å². The van der Waals surface area contributed by atoms with Gasteiger partial charge >= 0.3 is 0 Å². The molecule has 0 unspecified atom stereocenters. The van der Waals surface area contributed by atoms with Crippen molar-refractivity contribution in [3.05, 3.63) is 51.3 Å². The van der Waals surface area contributed by atoms with E-state index in [0.717, 1.165) is 0 Å². The number of aliphatic hydroxyl groups excluding tert-OH is 1. The molecule has 2 rings (SSSR count). The summed E-state index contributed by atoms with van der Waals surface area (Å²) in [5, 5.41) is 20.6. The van der Waals surface area contributed by atoms with Crippen molar-refractivity contribution < 1.29 is 19.6 Å². The summed E-state index contributed by atoms with van der Waals surface area (Å²) in [6, 6.07) is 4.84. The Morgan fingerprint density at radius 1 is 1.29 bits per heavy atom. The Morgan fingerprint density at radius 2 is 1.88 bits per heavy atom. The van der Waals surface area contributed by atoms with E-state index in [4.69, 9.17) is 5.73 Å². The fourth-order valence-corrected chi connectivity index (χ4v) is 2.53. The maximum absolute atomic E-state index is 12.1. The highest BCUT2D eigenvalue weighted by atomic mass is 16.6. The zero-order valence-electron chi connectivity index (χ0n) is 13.3. The predicted octanol–water partition coefficient (Wildman–Crippen LogP) is 2.29. The summed E-state index contributed by atoms with van der Waals surface area (Å²) in [5.41, 5.74) is 5.13. The van der Waals surface area contributed by atoms with Gasteiger partial charge in [-0.05, 0) is 17.5 Å². The van der Waals surface area contributed by atoms with E-state index in [-0.39, 0.29) is 52.5 Å². The number of rotatable bonds is 3. The minimum Gasteiger partial charge on any atom is -0.511 e. The SMILES string of the molecule is CC1(C)CC(=O)C(C(N)=NC(=O)c2ccc([N+](=O)[O-])cc2)=C(O)C1. The average Bonchev–Trinajstić information content (AvgIpc) is 2.44. The van der Waals surface area contributed by atoms with Gasteiger partial charge in [0.05, 0.1) is 10.5 Å². The molecular weight excluding hydrogens is 314 g/mol. The van der Waals surface area contributed by atoms with Crippen LogP contribution in [0.25, 0.3) is 0 Å². The van der Waals surface area contributed by atoms with Crippen LogP contribution in [-0.2, 0) is 4.79 Å². The van der Waals surface area contributed by atoms with Gasteiger partial charge in [0.15, 0.2) is 5.78 Å². The molecule has 3 N–H and O–H groups in total. The van der Waals surface area contributed by atoms with Crippen LogP contribution in [0.3, 0.4) is 0 Å². The standard InChI is InChI=1S/C16H17N3O5/c1-16(2)7-11(20)13(12(21)8-16)14(17)18-15(22)9-3-5-10(6-4-9)19(23)24/h3-6,20H,7-8H2,1-2H3,(H2,17,18,22). The number of amidine groups is 1. The lowest BCUT2D eigenvalue weighted by Crippen LogP contribution is -2.32. The summed E-state index contributed by atoms with van der Waals surface area (Å²) in [7, 11) is 0. The molecule has 0 aromatic heterocycles. The molecule has 0 bridgehead atoms. The van der Waals surface area contributed by atoms with Gasteiger partial charge < -0.3 is 10.8 Å². The summed E-state index contributed by atoms with van der Waals surface area (Å²) in [4.78, 5) is 37.8. The Hall–Kier alpha value is -3.03. The summed E-state index contributed by atoms with van der Waals surface area (Å²) < 4.78 is 0. The number of carbonyl (C=O) groups is 2. The van der Waals surface area contributed by atoms with E-state index in [9.17, 15) is 24.8 Å². The van der Waals surface area contributed by atoms with Crippen molar-refractivity contribution in [2.45, 2.75) is 26.7 Å². The molecule has 126 valence electrons. The third-order valence-corrected chi connectivity index (χ3v) is 3.66. The highest BCUT2D eigenvalue weighted by molar-refractivity contribution is 6.24. The van der Waals surface area contributed by atoms with Crippen LogP contribution >= 0.6 is 0 Å². The number of nitrogens with two attached hydrogens (primary N) is 1. The van der Waals surface area contributed by atoms with Crippen LogP contribution in [0.15, 0.2) is 40.6 Å². The Labute approximate surface area is 137 Å². The maximum Gasteiger partial charge on any atom is 0.278 e. The second kappa shape index (κ2) is 6.23. The molecular formula is C16H17N3O5. The van der Waals surface area contributed by atoms with Crippen LogP contribution in [0.1, 0.15) is 37.0 Å². The molecule has 1 aliphatic rings. The van der Waals surface area contributed by atoms with Crippen molar-refractivity contribution in [1.82, 2.24) is 0 Å². The molecule has 8 nitrogen and oxygen atoms in total. The first-order valence-electron chi connectivity index (χ1n) is 7.19. The van der Waals surface area contributed by atoms with Crippen molar-refractivity contribution in [3.63, 3.8) is 0 Å². The van der Waals surface area contributed by atoms with E-state index in [1.54, 1.807) is 0 Å². The number of aliphatic hydroxyl groups is 1. The molecule has 0 radical (unpaired) electrons. The molecule has 0 saturated carbocycles. The van der Waals surface area contributed by atoms with E-state index < -0.39 is 10.8 Å². The van der Waals surface area contributed by atoms with Crippen molar-refractivity contribution in [3.8, 4) is 0 Å². The lowest BCUT2D eigenvalue weighted by molar-refractivity contribution is -0.384. The fraction of sp³-hybridized carbons (Fsp3) is 0.312. The third-order valence-electron chi connectivity index (χ3n) is 3.66. The number of aliphatic imine (C=N–C) groups is 1. The predicted molar refractivity (Wildman–Crippen MR) is 86.7 cm³/mol. The highest BCUT2D eigenvalue weighted by Gasteiger charge is 2.34. The van der Waals surface area contributed by atoms with Crippen LogP contribution in [0.4, 0.5) is 5.69 Å². The molecule has 0 atom stereocenters. The van der Waals surface area contributed by atoms with Crippen LogP contribution in [-0.4, -0.2) is 27.6 Å². The lowest BCUT2D eigenvalue weighted by Gasteiger charge is -2.29. The number of carbonyl (C=O) groups excluding carboxylic acids is 2. The van der Waals surface area contributed by atoms with Gasteiger partial charge in [0, 0.05) is 30.5 Å². The molecule has 1 amide bonds. The Morgan fingerprint density at radius 3 is 2.38 bits per heavy atom. The first kappa shape index (κ1) is 17.3. The van der Waals surface area contributed by atoms with Crippen LogP contribution < -0.4 is 5.73 Å². The molecule has 1 aliphatic carbocycles. The molecule has 0 heterocycles. The molecule has 0 aliphatic heterocycles. The zero-order valence-corrected chi connectivity index (χ0v) is 13.3. The third kappa shape index (κ3) is 3.65. The first-order chi connectivity index (χ1) is 11.1. The molecule has 1 aromatic carbocycles. The number of amides is 1. The molecule has 0 saturated heterocycles. The average molecular weight is 331 g/mol. The number of hydrogen-bond acceptors (Lipinski definition) is 5. The first-order valence-corrected chi connectivity index (χ1v) is 7.19. The van der Waals surface area contributed by atoms with Gasteiger partial charge in [0.1, 0.15) is 11.6 Å². The van der Waals surface area contributed by atoms with Gasteiger partial charge in [-0.25, -0.2) is 0 Å². The van der Waals surface area contributed by atoms with Gasteiger partial charge in [-0.2, -0.15) is 4.99 Å². The van der Waals surface area contributed by atoms with E-state index in [2.05, 4.69) is 4.99 Å². The van der Waals surface area contributed by atoms with Gasteiger partial charge in [-0.1, -0.05) is 13.8 Å². The number of Topliss-reactive ketones (excluding diaryl/α,β-unsaturated/α-hetero) is 1. The number of nitrogens with zero attached hydrogens (tertiary/aromatic N) is 2. The number of hydrogen-bond donors (Lipinski definition) is 2. The number of nitro groups is 1. The quantitative estimate of drug-likeness (QED) is 0.377. The number of non-ortho nitro benzene ring substituents is 1. The number of ketones is 1. The van der Waals surface area contributed by atoms with Gasteiger partial charge in [-0.15, -0.1) is 0 Å². The highest BCUT2D eigenvalue weighted by Crippen LogP contribution is 2.35. The Balaban J connectivity index is 2.28. The molecule has 1 aromatic rings. The van der Waals surface area contributed by atoms with Crippen molar-refractivity contribution in [1.29, 1.82) is 0 Å². The van der Waals surface area contributed by atoms with E-state index >= 15 is 0 Å². The summed E-state index contributed by atoms with van der Waals surface area (Å²) in [6.45, 7) is 3.68. The van der Waals surface area contributed by atoms with Crippen molar-refractivity contribution >= 4 is 23.2 Å².